The van der Waals surface area contributed by atoms with Gasteiger partial charge in [0.1, 0.15) is 4.83 Å². The molecular formula is C22H24N2O4S2. The average molecular weight is 445 g/mol. The van der Waals surface area contributed by atoms with E-state index in [4.69, 9.17) is 6.57 Å². The van der Waals surface area contributed by atoms with Crippen molar-refractivity contribution in [2.24, 2.45) is 0 Å². The topological polar surface area (TPSA) is 77.6 Å². The zero-order valence-corrected chi connectivity index (χ0v) is 19.3. The number of nitrogens with zero attached hydrogens (tertiary/aromatic N) is 2. The standard InChI is InChI=1S/C13H15NO2S.C9H9NO2S/c1-5-14-8(3)10(6-15)12(16)11-7(2)9(4)17-13(11)14;1-8-3-5-9(6-4-8)13(11,12)7-10-2/h6H,5H2,1-4H3;3-6H,7H2,1H3. The van der Waals surface area contributed by atoms with Gasteiger partial charge in [-0.3, -0.25) is 14.4 Å². The number of carbonyl (C=O) groups excluding carboxylic acids is 1. The Hall–Kier alpha value is -2.76. The molecule has 0 saturated heterocycles. The molecule has 3 rings (SSSR count). The molecule has 1 aromatic carbocycles. The van der Waals surface area contributed by atoms with Gasteiger partial charge in [0.05, 0.1) is 15.8 Å². The Morgan fingerprint density at radius 2 is 1.73 bits per heavy atom. The molecule has 0 fully saturated rings. The Kier molecular flexibility index (Phi) is 7.34. The van der Waals surface area contributed by atoms with E-state index < -0.39 is 15.7 Å². The van der Waals surface area contributed by atoms with E-state index in [2.05, 4.69) is 4.85 Å². The molecule has 158 valence electrons. The van der Waals surface area contributed by atoms with Crippen LogP contribution in [0.2, 0.25) is 0 Å². The Morgan fingerprint density at radius 1 is 1.13 bits per heavy atom. The highest BCUT2D eigenvalue weighted by molar-refractivity contribution is 7.91. The van der Waals surface area contributed by atoms with Crippen LogP contribution in [0.4, 0.5) is 0 Å². The van der Waals surface area contributed by atoms with Crippen LogP contribution in [0, 0.1) is 34.3 Å². The summed E-state index contributed by atoms with van der Waals surface area (Å²) in [6.07, 6.45) is 0.676. The van der Waals surface area contributed by atoms with Crippen LogP contribution in [0.1, 0.15) is 39.0 Å². The molecule has 8 heteroatoms. The molecule has 3 aromatic rings. The fourth-order valence-corrected chi connectivity index (χ4v) is 5.23. The zero-order chi connectivity index (χ0) is 22.6. The molecule has 0 radical (unpaired) electrons. The van der Waals surface area contributed by atoms with Crippen molar-refractivity contribution in [2.45, 2.75) is 46.1 Å². The maximum Gasteiger partial charge on any atom is 0.316 e. The SMILES string of the molecule is CCn1c(C)c(C=O)c(=O)c2c(C)c(C)sc21.[C-]#[N+]CS(=O)(=O)c1ccc(C)cc1. The summed E-state index contributed by atoms with van der Waals surface area (Å²) in [4.78, 5) is 28.5. The van der Waals surface area contributed by atoms with E-state index in [1.54, 1.807) is 23.5 Å². The van der Waals surface area contributed by atoms with E-state index in [-0.39, 0.29) is 10.3 Å². The van der Waals surface area contributed by atoms with Crippen molar-refractivity contribution >= 4 is 37.7 Å². The minimum Gasteiger partial charge on any atom is -0.336 e. The Balaban J connectivity index is 0.000000222. The van der Waals surface area contributed by atoms with E-state index in [9.17, 15) is 18.0 Å². The number of sulfone groups is 1. The molecule has 2 heterocycles. The number of aromatic nitrogens is 1. The van der Waals surface area contributed by atoms with Gasteiger partial charge in [0, 0.05) is 17.1 Å². The van der Waals surface area contributed by atoms with Gasteiger partial charge < -0.3 is 4.57 Å². The summed E-state index contributed by atoms with van der Waals surface area (Å²) < 4.78 is 24.7. The van der Waals surface area contributed by atoms with Gasteiger partial charge in [-0.25, -0.2) is 15.0 Å². The highest BCUT2D eigenvalue weighted by Gasteiger charge is 2.18. The van der Waals surface area contributed by atoms with Crippen molar-refractivity contribution in [3.63, 3.8) is 0 Å². The average Bonchev–Trinajstić information content (AvgIpc) is 2.98. The third kappa shape index (κ3) is 4.53. The number of hydrogen-bond acceptors (Lipinski definition) is 5. The van der Waals surface area contributed by atoms with E-state index in [1.807, 2.05) is 39.2 Å². The first-order valence-corrected chi connectivity index (χ1v) is 11.8. The first kappa shape index (κ1) is 23.5. The first-order valence-electron chi connectivity index (χ1n) is 9.29. The molecule has 0 bridgehead atoms. The van der Waals surface area contributed by atoms with Gasteiger partial charge in [-0.05, 0) is 52.3 Å². The molecule has 0 spiro atoms. The zero-order valence-electron chi connectivity index (χ0n) is 17.6. The van der Waals surface area contributed by atoms with Crippen LogP contribution in [0.25, 0.3) is 15.1 Å². The molecule has 0 saturated carbocycles. The number of pyridine rings is 1. The minimum atomic E-state index is -3.38. The highest BCUT2D eigenvalue weighted by Crippen LogP contribution is 2.29. The molecule has 0 atom stereocenters. The number of rotatable bonds is 4. The van der Waals surface area contributed by atoms with Crippen molar-refractivity contribution in [3.8, 4) is 0 Å². The van der Waals surface area contributed by atoms with Gasteiger partial charge in [0.2, 0.25) is 5.43 Å². The monoisotopic (exact) mass is 444 g/mol. The lowest BCUT2D eigenvalue weighted by Crippen LogP contribution is -2.17. The Morgan fingerprint density at radius 3 is 2.23 bits per heavy atom. The molecule has 0 aliphatic heterocycles. The summed E-state index contributed by atoms with van der Waals surface area (Å²) in [7, 11) is -3.38. The molecule has 6 nitrogen and oxygen atoms in total. The predicted octanol–water partition coefficient (Wildman–Crippen LogP) is 4.47. The largest absolute Gasteiger partial charge is 0.336 e. The Labute approximate surface area is 180 Å². The van der Waals surface area contributed by atoms with Crippen LogP contribution in [-0.2, 0) is 16.4 Å². The first-order chi connectivity index (χ1) is 14.1. The number of hydrogen-bond donors (Lipinski definition) is 0. The van der Waals surface area contributed by atoms with Crippen molar-refractivity contribution in [3.05, 3.63) is 73.2 Å². The number of aldehydes is 1. The second-order valence-electron chi connectivity index (χ2n) is 6.87. The second-order valence-corrected chi connectivity index (χ2v) is 10.0. The van der Waals surface area contributed by atoms with Crippen LogP contribution in [0.5, 0.6) is 0 Å². The van der Waals surface area contributed by atoms with Gasteiger partial charge in [-0.2, -0.15) is 0 Å². The molecule has 2 aromatic heterocycles. The summed E-state index contributed by atoms with van der Waals surface area (Å²) in [6, 6.07) is 6.49. The van der Waals surface area contributed by atoms with Crippen LogP contribution in [0.15, 0.2) is 34.0 Å². The quantitative estimate of drug-likeness (QED) is 0.439. The number of benzene rings is 1. The van der Waals surface area contributed by atoms with Crippen molar-refractivity contribution in [2.75, 3.05) is 5.88 Å². The summed E-state index contributed by atoms with van der Waals surface area (Å²) in [5.41, 5.74) is 2.93. The summed E-state index contributed by atoms with van der Waals surface area (Å²) in [6.45, 7) is 17.0. The predicted molar refractivity (Wildman–Crippen MR) is 121 cm³/mol. The molecule has 0 N–H and O–H groups in total. The van der Waals surface area contributed by atoms with Crippen LogP contribution in [0.3, 0.4) is 0 Å². The maximum atomic E-state index is 12.2. The molecule has 0 aliphatic carbocycles. The van der Waals surface area contributed by atoms with Gasteiger partial charge >= 0.3 is 5.88 Å². The molecule has 0 amide bonds. The lowest BCUT2D eigenvalue weighted by Gasteiger charge is -2.11. The smallest absolute Gasteiger partial charge is 0.316 e. The Bertz CT molecular complexity index is 1290. The van der Waals surface area contributed by atoms with E-state index in [0.29, 0.717) is 17.2 Å². The maximum absolute atomic E-state index is 12.2. The number of thiophene rings is 1. The number of aryl methyl sites for hydroxylation is 4. The second kappa shape index (κ2) is 9.37. The summed E-state index contributed by atoms with van der Waals surface area (Å²) in [5.74, 6) is -0.476. The van der Waals surface area contributed by atoms with Gasteiger partial charge in [0.15, 0.2) is 6.29 Å². The fourth-order valence-electron chi connectivity index (χ4n) is 3.09. The summed E-state index contributed by atoms with van der Waals surface area (Å²) in [5, 5.41) is 0.710. The number of fused-ring (bicyclic) bond motifs is 1. The van der Waals surface area contributed by atoms with Crippen molar-refractivity contribution in [1.29, 1.82) is 0 Å². The highest BCUT2D eigenvalue weighted by atomic mass is 32.2. The van der Waals surface area contributed by atoms with Gasteiger partial charge in [-0.15, -0.1) is 11.3 Å². The number of carbonyl (C=O) groups is 1. The lowest BCUT2D eigenvalue weighted by molar-refractivity contribution is 0.112. The third-order valence-corrected chi connectivity index (χ3v) is 7.62. The molecule has 30 heavy (non-hydrogen) atoms. The normalized spacial score (nSPS) is 10.9. The summed E-state index contributed by atoms with van der Waals surface area (Å²) >= 11 is 1.62. The molecular weight excluding hydrogens is 420 g/mol. The van der Waals surface area contributed by atoms with Crippen LogP contribution < -0.4 is 5.43 Å². The van der Waals surface area contributed by atoms with E-state index in [0.717, 1.165) is 33.1 Å². The van der Waals surface area contributed by atoms with Gasteiger partial charge in [0.25, 0.3) is 9.84 Å². The minimum absolute atomic E-state index is 0.126. The van der Waals surface area contributed by atoms with Crippen LogP contribution in [-0.4, -0.2) is 25.1 Å². The van der Waals surface area contributed by atoms with Crippen molar-refractivity contribution < 1.29 is 13.2 Å². The van der Waals surface area contributed by atoms with E-state index in [1.165, 1.54) is 12.1 Å². The van der Waals surface area contributed by atoms with Crippen molar-refractivity contribution in [1.82, 2.24) is 4.57 Å². The lowest BCUT2D eigenvalue weighted by atomic mass is 10.1. The fraction of sp³-hybridized carbons (Fsp3) is 0.318. The van der Waals surface area contributed by atoms with E-state index >= 15 is 0 Å². The van der Waals surface area contributed by atoms with Crippen LogP contribution >= 0.6 is 11.3 Å². The third-order valence-electron chi connectivity index (χ3n) is 4.93. The molecule has 0 unspecified atom stereocenters. The van der Waals surface area contributed by atoms with Gasteiger partial charge in [-0.1, -0.05) is 17.7 Å². The molecule has 0 aliphatic rings.